The van der Waals surface area contributed by atoms with E-state index in [1.165, 1.54) is 19.3 Å². The summed E-state index contributed by atoms with van der Waals surface area (Å²) in [6, 6.07) is 0.0914. The molecule has 1 saturated heterocycles. The van der Waals surface area contributed by atoms with Gasteiger partial charge in [-0.1, -0.05) is 20.8 Å². The number of esters is 1. The van der Waals surface area contributed by atoms with Crippen molar-refractivity contribution in [1.82, 2.24) is 10.2 Å². The van der Waals surface area contributed by atoms with Gasteiger partial charge in [-0.3, -0.25) is 4.79 Å². The maximum Gasteiger partial charge on any atom is 0.324 e. The summed E-state index contributed by atoms with van der Waals surface area (Å²) in [5, 5.41) is 3.33. The molecule has 1 rings (SSSR count). The van der Waals surface area contributed by atoms with E-state index in [0.717, 1.165) is 25.6 Å². The number of hydrogen-bond donors (Lipinski definition) is 1. The normalized spacial score (nSPS) is 23.1. The summed E-state index contributed by atoms with van der Waals surface area (Å²) >= 11 is 0. The second-order valence-corrected chi connectivity index (χ2v) is 5.96. The second kappa shape index (κ2) is 8.54. The molecule has 0 aliphatic carbocycles. The number of rotatable bonds is 6. The molecule has 0 saturated carbocycles. The Labute approximate surface area is 117 Å². The van der Waals surface area contributed by atoms with Gasteiger partial charge in [0.25, 0.3) is 0 Å². The molecule has 4 nitrogen and oxygen atoms in total. The Morgan fingerprint density at radius 1 is 1.37 bits per heavy atom. The van der Waals surface area contributed by atoms with Crippen molar-refractivity contribution >= 4 is 5.97 Å². The van der Waals surface area contributed by atoms with Crippen LogP contribution in [0.5, 0.6) is 0 Å². The van der Waals surface area contributed by atoms with Crippen molar-refractivity contribution in [2.45, 2.75) is 59.0 Å². The summed E-state index contributed by atoms with van der Waals surface area (Å²) in [6.07, 6.45) is 3.77. The van der Waals surface area contributed by atoms with E-state index in [4.69, 9.17) is 4.74 Å². The average molecular weight is 270 g/mol. The molecule has 0 aromatic heterocycles. The molecule has 0 amide bonds. The fraction of sp³-hybridized carbons (Fsp3) is 0.933. The Balaban J connectivity index is 2.52. The molecule has 112 valence electrons. The van der Waals surface area contributed by atoms with Crippen LogP contribution in [0.3, 0.4) is 0 Å². The molecule has 1 aliphatic heterocycles. The maximum atomic E-state index is 12.0. The molecule has 1 N–H and O–H groups in total. The molecule has 2 unspecified atom stereocenters. The minimum Gasteiger partial charge on any atom is -0.465 e. The molecule has 0 spiro atoms. The van der Waals surface area contributed by atoms with E-state index in [1.54, 1.807) is 0 Å². The van der Waals surface area contributed by atoms with Gasteiger partial charge in [0.05, 0.1) is 6.61 Å². The van der Waals surface area contributed by atoms with E-state index in [2.05, 4.69) is 31.0 Å². The number of ether oxygens (including phenoxy) is 1. The Morgan fingerprint density at radius 3 is 2.74 bits per heavy atom. The van der Waals surface area contributed by atoms with Crippen molar-refractivity contribution < 1.29 is 9.53 Å². The van der Waals surface area contributed by atoms with Crippen LogP contribution in [0.4, 0.5) is 0 Å². The Hall–Kier alpha value is -0.610. The molecule has 1 heterocycles. The van der Waals surface area contributed by atoms with Gasteiger partial charge in [0.15, 0.2) is 0 Å². The number of likely N-dealkylation sites (tertiary alicyclic amines) is 1. The molecule has 2 atom stereocenters. The highest BCUT2D eigenvalue weighted by Gasteiger charge is 2.24. The topological polar surface area (TPSA) is 41.6 Å². The van der Waals surface area contributed by atoms with Crippen molar-refractivity contribution in [2.75, 3.05) is 26.2 Å². The van der Waals surface area contributed by atoms with E-state index in [0.29, 0.717) is 12.6 Å². The third-order valence-electron chi connectivity index (χ3n) is 3.66. The molecular weight excluding hydrogens is 240 g/mol. The van der Waals surface area contributed by atoms with Crippen molar-refractivity contribution in [3.8, 4) is 0 Å². The first kappa shape index (κ1) is 16.4. The molecule has 1 aliphatic rings. The van der Waals surface area contributed by atoms with Gasteiger partial charge in [0, 0.05) is 12.6 Å². The number of carbonyl (C=O) groups is 1. The van der Waals surface area contributed by atoms with Crippen LogP contribution >= 0.6 is 0 Å². The predicted molar refractivity (Wildman–Crippen MR) is 78.1 cm³/mol. The molecule has 0 aromatic carbocycles. The molecule has 0 aromatic rings. The van der Waals surface area contributed by atoms with Crippen LogP contribution in [0.15, 0.2) is 0 Å². The standard InChI is InChI=1S/C15H30N2O2/c1-5-19-15(18)14(16-12(2)3)11-17-9-6-7-13(4)8-10-17/h12-14,16H,5-11H2,1-4H3. The Bertz CT molecular complexity index is 269. The summed E-state index contributed by atoms with van der Waals surface area (Å²) in [7, 11) is 0. The molecule has 0 radical (unpaired) electrons. The van der Waals surface area contributed by atoms with Crippen LogP contribution < -0.4 is 5.32 Å². The van der Waals surface area contributed by atoms with Gasteiger partial charge in [-0.2, -0.15) is 0 Å². The highest BCUT2D eigenvalue weighted by molar-refractivity contribution is 5.76. The smallest absolute Gasteiger partial charge is 0.324 e. The van der Waals surface area contributed by atoms with Crippen LogP contribution in [0, 0.1) is 5.92 Å². The highest BCUT2D eigenvalue weighted by atomic mass is 16.5. The quantitative estimate of drug-likeness (QED) is 0.750. The number of nitrogens with zero attached hydrogens (tertiary/aromatic N) is 1. The fourth-order valence-electron chi connectivity index (χ4n) is 2.60. The van der Waals surface area contributed by atoms with Gasteiger partial charge >= 0.3 is 5.97 Å². The van der Waals surface area contributed by atoms with Gasteiger partial charge in [0.2, 0.25) is 0 Å². The van der Waals surface area contributed by atoms with Crippen molar-refractivity contribution in [1.29, 1.82) is 0 Å². The highest BCUT2D eigenvalue weighted by Crippen LogP contribution is 2.16. The van der Waals surface area contributed by atoms with E-state index < -0.39 is 0 Å². The summed E-state index contributed by atoms with van der Waals surface area (Å²) in [4.78, 5) is 14.4. The first-order valence-electron chi connectivity index (χ1n) is 7.68. The lowest BCUT2D eigenvalue weighted by Crippen LogP contribution is -2.49. The summed E-state index contributed by atoms with van der Waals surface area (Å²) in [5.74, 6) is 0.692. The third kappa shape index (κ3) is 6.39. The zero-order chi connectivity index (χ0) is 14.3. The first-order chi connectivity index (χ1) is 9.02. The summed E-state index contributed by atoms with van der Waals surface area (Å²) in [5.41, 5.74) is 0. The predicted octanol–water partition coefficient (Wildman–Crippen LogP) is 2.04. The second-order valence-electron chi connectivity index (χ2n) is 5.96. The van der Waals surface area contributed by atoms with E-state index in [9.17, 15) is 4.79 Å². The van der Waals surface area contributed by atoms with Gasteiger partial charge < -0.3 is 15.0 Å². The molecule has 0 bridgehead atoms. The lowest BCUT2D eigenvalue weighted by Gasteiger charge is -2.27. The third-order valence-corrected chi connectivity index (χ3v) is 3.66. The van der Waals surface area contributed by atoms with Crippen molar-refractivity contribution in [3.05, 3.63) is 0 Å². The minimum atomic E-state index is -0.201. The van der Waals surface area contributed by atoms with Gasteiger partial charge in [-0.15, -0.1) is 0 Å². The molecular formula is C15H30N2O2. The van der Waals surface area contributed by atoms with Gasteiger partial charge in [0.1, 0.15) is 6.04 Å². The summed E-state index contributed by atoms with van der Waals surface area (Å²) in [6.45, 7) is 11.7. The minimum absolute atomic E-state index is 0.117. The first-order valence-corrected chi connectivity index (χ1v) is 7.68. The molecule has 4 heteroatoms. The van der Waals surface area contributed by atoms with Crippen molar-refractivity contribution in [2.24, 2.45) is 5.92 Å². The van der Waals surface area contributed by atoms with Crippen molar-refractivity contribution in [3.63, 3.8) is 0 Å². The lowest BCUT2D eigenvalue weighted by molar-refractivity contribution is -0.146. The van der Waals surface area contributed by atoms with Crippen LogP contribution in [-0.2, 0) is 9.53 Å². The van der Waals surface area contributed by atoms with Crippen LogP contribution in [-0.4, -0.2) is 49.2 Å². The van der Waals surface area contributed by atoms with Crippen LogP contribution in [0.1, 0.15) is 47.0 Å². The van der Waals surface area contributed by atoms with E-state index in [1.807, 2.05) is 6.92 Å². The maximum absolute atomic E-state index is 12.0. The summed E-state index contributed by atoms with van der Waals surface area (Å²) < 4.78 is 5.17. The zero-order valence-electron chi connectivity index (χ0n) is 12.9. The lowest BCUT2D eigenvalue weighted by atomic mass is 10.0. The largest absolute Gasteiger partial charge is 0.465 e. The zero-order valence-corrected chi connectivity index (χ0v) is 12.9. The van der Waals surface area contributed by atoms with Crippen LogP contribution in [0.2, 0.25) is 0 Å². The van der Waals surface area contributed by atoms with Gasteiger partial charge in [-0.25, -0.2) is 0 Å². The average Bonchev–Trinajstić information content (AvgIpc) is 2.53. The van der Waals surface area contributed by atoms with E-state index in [-0.39, 0.29) is 12.0 Å². The number of carbonyl (C=O) groups excluding carboxylic acids is 1. The SMILES string of the molecule is CCOC(=O)C(CN1CCCC(C)CC1)NC(C)C. The van der Waals surface area contributed by atoms with Gasteiger partial charge in [-0.05, 0) is 45.2 Å². The molecule has 19 heavy (non-hydrogen) atoms. The fourth-order valence-corrected chi connectivity index (χ4v) is 2.60. The number of hydrogen-bond acceptors (Lipinski definition) is 4. The Morgan fingerprint density at radius 2 is 2.11 bits per heavy atom. The Kier molecular flexibility index (Phi) is 7.39. The molecule has 1 fully saturated rings. The van der Waals surface area contributed by atoms with Crippen LogP contribution in [0.25, 0.3) is 0 Å². The van der Waals surface area contributed by atoms with E-state index >= 15 is 0 Å². The monoisotopic (exact) mass is 270 g/mol. The number of nitrogens with one attached hydrogen (secondary N) is 1.